The van der Waals surface area contributed by atoms with Crippen LogP contribution in [-0.2, 0) is 9.53 Å². The van der Waals surface area contributed by atoms with Crippen LogP contribution in [0.2, 0.25) is 0 Å². The minimum absolute atomic E-state index is 0.299. The molecule has 0 aliphatic carbocycles. The molecule has 1 N–H and O–H groups in total. The van der Waals surface area contributed by atoms with E-state index in [4.69, 9.17) is 16.7 Å². The summed E-state index contributed by atoms with van der Waals surface area (Å²) in [6, 6.07) is 0. The lowest BCUT2D eigenvalue weighted by molar-refractivity contribution is -0.142. The lowest BCUT2D eigenvalue weighted by Gasteiger charge is -1.99. The summed E-state index contributed by atoms with van der Waals surface area (Å²) in [5.74, 6) is -1.34. The van der Waals surface area contributed by atoms with E-state index in [0.29, 0.717) is 6.61 Å². The van der Waals surface area contributed by atoms with Crippen LogP contribution >= 0.6 is 11.6 Å². The molecule has 0 aromatic carbocycles. The summed E-state index contributed by atoms with van der Waals surface area (Å²) in [4.78, 5) is 10.5. The minimum atomic E-state index is -0.781. The van der Waals surface area contributed by atoms with Gasteiger partial charge in [-0.05, 0) is 6.42 Å². The third-order valence-corrected chi connectivity index (χ3v) is 0.956. The normalized spacial score (nSPS) is 11.2. The van der Waals surface area contributed by atoms with E-state index in [2.05, 4.69) is 4.74 Å². The first kappa shape index (κ1) is 9.30. The first-order valence-corrected chi connectivity index (χ1v) is 3.32. The Labute approximate surface area is 64.2 Å². The minimum Gasteiger partial charge on any atom is -0.501 e. The van der Waals surface area contributed by atoms with Gasteiger partial charge in [-0.25, -0.2) is 4.79 Å². The summed E-state index contributed by atoms with van der Waals surface area (Å²) in [6.07, 6.45) is 0.724. The Balaban J connectivity index is 3.63. The molecule has 0 fully saturated rings. The lowest BCUT2D eigenvalue weighted by atomic mass is 10.5. The SMILES string of the molecule is CCCOC(=O)C(O)=CCl. The van der Waals surface area contributed by atoms with Crippen LogP contribution in [0.5, 0.6) is 0 Å². The highest BCUT2D eigenvalue weighted by Gasteiger charge is 2.06. The molecule has 0 rings (SSSR count). The maximum absolute atomic E-state index is 10.5. The number of aliphatic hydroxyl groups excluding tert-OH is 1. The molecule has 58 valence electrons. The fraction of sp³-hybridized carbons (Fsp3) is 0.500. The van der Waals surface area contributed by atoms with Gasteiger partial charge >= 0.3 is 5.97 Å². The predicted octanol–water partition coefficient (Wildman–Crippen LogP) is 1.58. The van der Waals surface area contributed by atoms with Crippen molar-refractivity contribution in [3.05, 3.63) is 11.3 Å². The number of carbonyl (C=O) groups excluding carboxylic acids is 1. The molecule has 0 aromatic rings. The Kier molecular flexibility index (Phi) is 4.76. The van der Waals surface area contributed by atoms with Gasteiger partial charge in [0.1, 0.15) is 0 Å². The second-order valence-electron chi connectivity index (χ2n) is 1.63. The molecule has 0 aliphatic heterocycles. The molecular weight excluding hydrogens is 156 g/mol. The molecule has 0 saturated carbocycles. The van der Waals surface area contributed by atoms with Gasteiger partial charge in [0.15, 0.2) is 0 Å². The Morgan fingerprint density at radius 1 is 1.80 bits per heavy atom. The van der Waals surface area contributed by atoms with Crippen LogP contribution in [-0.4, -0.2) is 17.7 Å². The fourth-order valence-corrected chi connectivity index (χ4v) is 0.402. The molecule has 0 saturated heterocycles. The summed E-state index contributed by atoms with van der Waals surface area (Å²) in [5, 5.41) is 8.61. The first-order chi connectivity index (χ1) is 4.72. The zero-order valence-electron chi connectivity index (χ0n) is 5.63. The highest BCUT2D eigenvalue weighted by Crippen LogP contribution is 1.95. The lowest BCUT2D eigenvalue weighted by Crippen LogP contribution is -2.07. The topological polar surface area (TPSA) is 46.5 Å². The van der Waals surface area contributed by atoms with E-state index >= 15 is 0 Å². The van der Waals surface area contributed by atoms with Crippen molar-refractivity contribution >= 4 is 17.6 Å². The molecule has 0 atom stereocenters. The molecule has 4 heteroatoms. The molecule has 3 nitrogen and oxygen atoms in total. The Morgan fingerprint density at radius 3 is 2.80 bits per heavy atom. The Hall–Kier alpha value is -0.700. The van der Waals surface area contributed by atoms with Crippen LogP contribution in [0.1, 0.15) is 13.3 Å². The number of carbonyl (C=O) groups is 1. The van der Waals surface area contributed by atoms with Crippen LogP contribution in [0.4, 0.5) is 0 Å². The van der Waals surface area contributed by atoms with Crippen molar-refractivity contribution in [1.29, 1.82) is 0 Å². The standard InChI is InChI=1S/C6H9ClO3/c1-2-3-10-6(9)5(8)4-7/h4,8H,2-3H2,1H3. The monoisotopic (exact) mass is 164 g/mol. The van der Waals surface area contributed by atoms with Gasteiger partial charge in [0.2, 0.25) is 5.76 Å². The Morgan fingerprint density at radius 2 is 2.40 bits per heavy atom. The maximum atomic E-state index is 10.5. The van der Waals surface area contributed by atoms with E-state index in [1.807, 2.05) is 6.92 Å². The van der Waals surface area contributed by atoms with Gasteiger partial charge in [0, 0.05) is 0 Å². The average molecular weight is 165 g/mol. The number of hydrogen-bond donors (Lipinski definition) is 1. The van der Waals surface area contributed by atoms with Crippen molar-refractivity contribution < 1.29 is 14.6 Å². The molecule has 0 aromatic heterocycles. The van der Waals surface area contributed by atoms with Gasteiger partial charge in [-0.15, -0.1) is 0 Å². The molecule has 10 heavy (non-hydrogen) atoms. The third kappa shape index (κ3) is 3.35. The molecule has 0 aliphatic rings. The zero-order valence-corrected chi connectivity index (χ0v) is 6.39. The molecule has 0 spiro atoms. The highest BCUT2D eigenvalue weighted by molar-refractivity contribution is 6.27. The van der Waals surface area contributed by atoms with Gasteiger partial charge < -0.3 is 9.84 Å². The van der Waals surface area contributed by atoms with E-state index in [9.17, 15) is 4.79 Å². The van der Waals surface area contributed by atoms with Crippen LogP contribution in [0.15, 0.2) is 11.3 Å². The number of rotatable bonds is 3. The summed E-state index contributed by atoms with van der Waals surface area (Å²) < 4.78 is 4.50. The highest BCUT2D eigenvalue weighted by atomic mass is 35.5. The molecule has 0 unspecified atom stereocenters. The van der Waals surface area contributed by atoms with E-state index in [-0.39, 0.29) is 0 Å². The smallest absolute Gasteiger partial charge is 0.374 e. The zero-order chi connectivity index (χ0) is 7.98. The largest absolute Gasteiger partial charge is 0.501 e. The predicted molar refractivity (Wildman–Crippen MR) is 37.8 cm³/mol. The summed E-state index contributed by atoms with van der Waals surface area (Å²) in [6.45, 7) is 2.16. The summed E-state index contributed by atoms with van der Waals surface area (Å²) in [5.41, 5.74) is 0.776. The van der Waals surface area contributed by atoms with Gasteiger partial charge in [0.25, 0.3) is 0 Å². The van der Waals surface area contributed by atoms with E-state index in [0.717, 1.165) is 12.0 Å². The summed E-state index contributed by atoms with van der Waals surface area (Å²) >= 11 is 5.01. The second-order valence-corrected chi connectivity index (χ2v) is 1.85. The molecule has 0 bridgehead atoms. The molecule has 0 amide bonds. The van der Waals surface area contributed by atoms with Crippen LogP contribution < -0.4 is 0 Å². The first-order valence-electron chi connectivity index (χ1n) is 2.88. The fourth-order valence-electron chi connectivity index (χ4n) is 0.313. The van der Waals surface area contributed by atoms with E-state index < -0.39 is 11.7 Å². The van der Waals surface area contributed by atoms with Gasteiger partial charge in [-0.1, -0.05) is 18.5 Å². The molecular formula is C6H9ClO3. The number of halogens is 1. The average Bonchev–Trinajstić information content (AvgIpc) is 1.98. The van der Waals surface area contributed by atoms with Crippen molar-refractivity contribution in [1.82, 2.24) is 0 Å². The van der Waals surface area contributed by atoms with Gasteiger partial charge in [0.05, 0.1) is 12.1 Å². The second kappa shape index (κ2) is 5.11. The number of esters is 1. The maximum Gasteiger partial charge on any atom is 0.374 e. The van der Waals surface area contributed by atoms with E-state index in [1.165, 1.54) is 0 Å². The van der Waals surface area contributed by atoms with Crippen molar-refractivity contribution in [2.75, 3.05) is 6.61 Å². The number of hydrogen-bond acceptors (Lipinski definition) is 3. The molecule has 0 heterocycles. The number of aliphatic hydroxyl groups is 1. The van der Waals surface area contributed by atoms with Crippen LogP contribution in [0, 0.1) is 0 Å². The quantitative estimate of drug-likeness (QED) is 0.391. The van der Waals surface area contributed by atoms with Crippen molar-refractivity contribution in [3.63, 3.8) is 0 Å². The number of ether oxygens (including phenoxy) is 1. The van der Waals surface area contributed by atoms with Crippen LogP contribution in [0.3, 0.4) is 0 Å². The third-order valence-electron chi connectivity index (χ3n) is 0.750. The van der Waals surface area contributed by atoms with E-state index in [1.54, 1.807) is 0 Å². The molecule has 0 radical (unpaired) electrons. The van der Waals surface area contributed by atoms with Gasteiger partial charge in [-0.3, -0.25) is 0 Å². The summed E-state index contributed by atoms with van der Waals surface area (Å²) in [7, 11) is 0. The van der Waals surface area contributed by atoms with Crippen molar-refractivity contribution in [2.45, 2.75) is 13.3 Å². The van der Waals surface area contributed by atoms with Crippen molar-refractivity contribution in [2.24, 2.45) is 0 Å². The van der Waals surface area contributed by atoms with Gasteiger partial charge in [-0.2, -0.15) is 0 Å². The van der Waals surface area contributed by atoms with Crippen LogP contribution in [0.25, 0.3) is 0 Å². The Bertz CT molecular complexity index is 142. The van der Waals surface area contributed by atoms with Crippen molar-refractivity contribution in [3.8, 4) is 0 Å².